The van der Waals surface area contributed by atoms with Crippen LogP contribution in [-0.2, 0) is 0 Å². The molecule has 1 aliphatic heterocycles. The molecule has 3 heteroatoms. The van der Waals surface area contributed by atoms with E-state index in [0.29, 0.717) is 5.82 Å². The van der Waals surface area contributed by atoms with Crippen LogP contribution >= 0.6 is 0 Å². The molecule has 0 aromatic carbocycles. The van der Waals surface area contributed by atoms with Gasteiger partial charge in [-0.2, -0.15) is 0 Å². The first-order valence-corrected chi connectivity index (χ1v) is 3.56. The molecule has 9 heavy (non-hydrogen) atoms. The number of nitrogens with two attached hydrogens (primary N) is 1. The molecule has 0 spiro atoms. The standard InChI is InChI=1S/C6H14BN2/c1-9-4-2-6(7-8)3-5-9/h6H,2-5,8H2,1H3. The molecule has 0 unspecified atom stereocenters. The fraction of sp³-hybridized carbons (Fsp3) is 1.00. The first kappa shape index (κ1) is 7.10. The van der Waals surface area contributed by atoms with Crippen LogP contribution in [0, 0.1) is 0 Å². The van der Waals surface area contributed by atoms with Gasteiger partial charge in [0.25, 0.3) is 0 Å². The van der Waals surface area contributed by atoms with E-state index in [2.05, 4.69) is 11.9 Å². The molecule has 0 atom stereocenters. The SMILES string of the molecule is CN1CCC([B]N)CC1. The van der Waals surface area contributed by atoms with E-state index in [1.165, 1.54) is 25.9 Å². The van der Waals surface area contributed by atoms with Crippen LogP contribution in [0.4, 0.5) is 0 Å². The monoisotopic (exact) mass is 125 g/mol. The number of likely N-dealkylation sites (tertiary alicyclic amines) is 1. The van der Waals surface area contributed by atoms with Gasteiger partial charge in [0.1, 0.15) is 0 Å². The predicted molar refractivity (Wildman–Crippen MR) is 40.4 cm³/mol. The summed E-state index contributed by atoms with van der Waals surface area (Å²) in [5.41, 5.74) is 5.41. The molecule has 0 bridgehead atoms. The van der Waals surface area contributed by atoms with Crippen LogP contribution in [0.5, 0.6) is 0 Å². The van der Waals surface area contributed by atoms with Gasteiger partial charge in [-0.05, 0) is 33.0 Å². The molecule has 2 nitrogen and oxygen atoms in total. The van der Waals surface area contributed by atoms with Gasteiger partial charge in [-0.3, -0.25) is 0 Å². The topological polar surface area (TPSA) is 29.3 Å². The summed E-state index contributed by atoms with van der Waals surface area (Å²) in [7, 11) is 4.00. The van der Waals surface area contributed by atoms with Crippen molar-refractivity contribution in [2.75, 3.05) is 20.1 Å². The molecule has 1 radical (unpaired) electrons. The maximum Gasteiger partial charge on any atom is 0.205 e. The Hall–Kier alpha value is -0.0151. The summed E-state index contributed by atoms with van der Waals surface area (Å²) in [6, 6.07) is 0. The average molecular weight is 125 g/mol. The number of piperidine rings is 1. The lowest BCUT2D eigenvalue weighted by molar-refractivity contribution is 0.276. The minimum atomic E-state index is 0.682. The molecule has 2 N–H and O–H groups in total. The molecule has 0 aliphatic carbocycles. The fourth-order valence-corrected chi connectivity index (χ4v) is 1.22. The van der Waals surface area contributed by atoms with Crippen molar-refractivity contribution in [2.45, 2.75) is 18.7 Å². The molecular formula is C6H14BN2. The summed E-state index contributed by atoms with van der Waals surface area (Å²) < 4.78 is 0. The van der Waals surface area contributed by atoms with Gasteiger partial charge in [0.2, 0.25) is 7.41 Å². The maximum absolute atomic E-state index is 5.41. The molecular weight excluding hydrogens is 111 g/mol. The number of rotatable bonds is 1. The molecule has 1 rings (SSSR count). The van der Waals surface area contributed by atoms with Gasteiger partial charge in [0.15, 0.2) is 0 Å². The highest BCUT2D eigenvalue weighted by atomic mass is 15.1. The summed E-state index contributed by atoms with van der Waals surface area (Å²) in [5, 5.41) is 0. The minimum Gasteiger partial charge on any atom is -0.374 e. The minimum absolute atomic E-state index is 0.682. The van der Waals surface area contributed by atoms with Gasteiger partial charge in [-0.1, -0.05) is 5.82 Å². The lowest BCUT2D eigenvalue weighted by Crippen LogP contribution is -2.31. The van der Waals surface area contributed by atoms with Gasteiger partial charge < -0.3 is 10.5 Å². The van der Waals surface area contributed by atoms with E-state index in [1.807, 2.05) is 7.41 Å². The highest BCUT2D eigenvalue weighted by Crippen LogP contribution is 2.18. The Balaban J connectivity index is 2.18. The first-order chi connectivity index (χ1) is 4.33. The molecule has 1 fully saturated rings. The zero-order valence-corrected chi connectivity index (χ0v) is 6.01. The van der Waals surface area contributed by atoms with E-state index in [9.17, 15) is 0 Å². The van der Waals surface area contributed by atoms with E-state index >= 15 is 0 Å². The van der Waals surface area contributed by atoms with Gasteiger partial charge in [0, 0.05) is 0 Å². The zero-order valence-electron chi connectivity index (χ0n) is 6.01. The van der Waals surface area contributed by atoms with Crippen LogP contribution in [0.2, 0.25) is 5.82 Å². The lowest BCUT2D eigenvalue weighted by Gasteiger charge is -2.27. The van der Waals surface area contributed by atoms with Gasteiger partial charge in [-0.25, -0.2) is 0 Å². The van der Waals surface area contributed by atoms with Crippen molar-refractivity contribution in [2.24, 2.45) is 5.64 Å². The van der Waals surface area contributed by atoms with Crippen molar-refractivity contribution >= 4 is 7.41 Å². The average Bonchev–Trinajstić information content (AvgIpc) is 1.90. The van der Waals surface area contributed by atoms with Crippen LogP contribution in [0.1, 0.15) is 12.8 Å². The second kappa shape index (κ2) is 3.23. The quantitative estimate of drug-likeness (QED) is 0.502. The number of hydrogen-bond acceptors (Lipinski definition) is 2. The summed E-state index contributed by atoms with van der Waals surface area (Å²) in [4.78, 5) is 2.35. The summed E-state index contributed by atoms with van der Waals surface area (Å²) in [5.74, 6) is 0.682. The second-order valence-electron chi connectivity index (χ2n) is 2.83. The third-order valence-corrected chi connectivity index (χ3v) is 2.04. The number of nitrogens with zero attached hydrogens (tertiary/aromatic N) is 1. The molecule has 1 heterocycles. The van der Waals surface area contributed by atoms with E-state index in [0.717, 1.165) is 0 Å². The molecule has 1 aliphatic rings. The van der Waals surface area contributed by atoms with Crippen LogP contribution in [0.15, 0.2) is 0 Å². The van der Waals surface area contributed by atoms with Crippen molar-refractivity contribution in [3.8, 4) is 0 Å². The third-order valence-electron chi connectivity index (χ3n) is 2.04. The van der Waals surface area contributed by atoms with Crippen molar-refractivity contribution < 1.29 is 0 Å². The van der Waals surface area contributed by atoms with E-state index in [-0.39, 0.29) is 0 Å². The molecule has 0 amide bonds. The first-order valence-electron chi connectivity index (χ1n) is 3.56. The van der Waals surface area contributed by atoms with Crippen molar-refractivity contribution in [1.82, 2.24) is 4.90 Å². The molecule has 1 saturated heterocycles. The Labute approximate surface area is 57.7 Å². The third kappa shape index (κ3) is 1.99. The van der Waals surface area contributed by atoms with Crippen molar-refractivity contribution in [3.63, 3.8) is 0 Å². The van der Waals surface area contributed by atoms with Gasteiger partial charge >= 0.3 is 0 Å². The van der Waals surface area contributed by atoms with Crippen molar-refractivity contribution in [1.29, 1.82) is 0 Å². The van der Waals surface area contributed by atoms with Gasteiger partial charge in [-0.15, -0.1) is 0 Å². The van der Waals surface area contributed by atoms with Crippen LogP contribution in [-0.4, -0.2) is 32.5 Å². The van der Waals surface area contributed by atoms with E-state index in [1.54, 1.807) is 0 Å². The summed E-state index contributed by atoms with van der Waals surface area (Å²) in [6.45, 7) is 2.41. The highest BCUT2D eigenvalue weighted by molar-refractivity contribution is 6.33. The van der Waals surface area contributed by atoms with E-state index in [4.69, 9.17) is 5.64 Å². The van der Waals surface area contributed by atoms with Crippen LogP contribution < -0.4 is 5.64 Å². The van der Waals surface area contributed by atoms with Crippen molar-refractivity contribution in [3.05, 3.63) is 0 Å². The Morgan fingerprint density at radius 1 is 1.44 bits per heavy atom. The Morgan fingerprint density at radius 2 is 2.00 bits per heavy atom. The molecule has 0 aromatic heterocycles. The summed E-state index contributed by atoms with van der Waals surface area (Å²) in [6.07, 6.45) is 2.49. The summed E-state index contributed by atoms with van der Waals surface area (Å²) >= 11 is 0. The molecule has 0 saturated carbocycles. The molecule has 51 valence electrons. The Morgan fingerprint density at radius 3 is 2.44 bits per heavy atom. The van der Waals surface area contributed by atoms with Gasteiger partial charge in [0.05, 0.1) is 0 Å². The maximum atomic E-state index is 5.41. The van der Waals surface area contributed by atoms with Crippen LogP contribution in [0.3, 0.4) is 0 Å². The Bertz CT molecular complexity index is 79.1. The Kier molecular flexibility index (Phi) is 2.55. The zero-order chi connectivity index (χ0) is 6.69. The fourth-order valence-electron chi connectivity index (χ4n) is 1.22. The number of hydrogen-bond donors (Lipinski definition) is 1. The molecule has 0 aromatic rings. The second-order valence-corrected chi connectivity index (χ2v) is 2.83. The lowest BCUT2D eigenvalue weighted by atomic mass is 9.71. The smallest absolute Gasteiger partial charge is 0.205 e. The largest absolute Gasteiger partial charge is 0.374 e. The predicted octanol–water partition coefficient (Wildman–Crippen LogP) is 0.0784. The highest BCUT2D eigenvalue weighted by Gasteiger charge is 2.14. The van der Waals surface area contributed by atoms with E-state index < -0.39 is 0 Å². The normalized spacial score (nSPS) is 24.2. The van der Waals surface area contributed by atoms with Crippen LogP contribution in [0.25, 0.3) is 0 Å².